The summed E-state index contributed by atoms with van der Waals surface area (Å²) in [7, 11) is 0. The Hall–Kier alpha value is -2.27. The van der Waals surface area contributed by atoms with E-state index >= 15 is 0 Å². The lowest BCUT2D eigenvalue weighted by molar-refractivity contribution is -0.117. The normalized spacial score (nSPS) is 18.1. The van der Waals surface area contributed by atoms with Gasteiger partial charge >= 0.3 is 0 Å². The molecule has 2 N–H and O–H groups in total. The molecule has 0 heterocycles. The highest BCUT2D eigenvalue weighted by Crippen LogP contribution is 2.40. The standard InChI is InChI=1S/C24H33NO4/c1-7-9-18(26)22-14(4)10-13(3)21(15(22)5)17-11-19(27)23(20(28)12-17)24(16(6)25)29-8-2/h10,17,24-25,27H,7-9,11-12H2,1-6H3. The molecule has 0 fully saturated rings. The average molecular weight is 400 g/mol. The molecule has 5 nitrogen and oxygen atoms in total. The molecule has 0 saturated heterocycles. The molecular weight excluding hydrogens is 366 g/mol. The van der Waals surface area contributed by atoms with Gasteiger partial charge < -0.3 is 15.3 Å². The van der Waals surface area contributed by atoms with Crippen LogP contribution in [0, 0.1) is 26.2 Å². The molecule has 29 heavy (non-hydrogen) atoms. The number of nitrogens with one attached hydrogen (secondary N) is 1. The minimum atomic E-state index is -0.796. The molecule has 0 aliphatic heterocycles. The lowest BCUT2D eigenvalue weighted by Crippen LogP contribution is -2.33. The van der Waals surface area contributed by atoms with Gasteiger partial charge in [-0.1, -0.05) is 13.0 Å². The summed E-state index contributed by atoms with van der Waals surface area (Å²) in [5.41, 5.74) is 5.05. The minimum Gasteiger partial charge on any atom is -0.512 e. The molecule has 0 amide bonds. The zero-order chi connectivity index (χ0) is 21.9. The van der Waals surface area contributed by atoms with E-state index in [0.29, 0.717) is 19.4 Å². The highest BCUT2D eigenvalue weighted by Gasteiger charge is 2.36. The van der Waals surface area contributed by atoms with E-state index in [1.807, 2.05) is 33.8 Å². The maximum Gasteiger partial charge on any atom is 0.165 e. The van der Waals surface area contributed by atoms with Gasteiger partial charge in [0.05, 0.1) is 5.57 Å². The number of aryl methyl sites for hydroxylation is 2. The van der Waals surface area contributed by atoms with Gasteiger partial charge in [-0.05, 0) is 69.2 Å². The molecule has 0 radical (unpaired) electrons. The number of ketones is 2. The van der Waals surface area contributed by atoms with Gasteiger partial charge in [0, 0.05) is 37.1 Å². The monoisotopic (exact) mass is 399 g/mol. The summed E-state index contributed by atoms with van der Waals surface area (Å²) in [6.07, 6.45) is 1.04. The number of hydrogen-bond acceptors (Lipinski definition) is 5. The van der Waals surface area contributed by atoms with E-state index in [2.05, 4.69) is 0 Å². The largest absolute Gasteiger partial charge is 0.512 e. The molecule has 2 rings (SSSR count). The molecule has 2 unspecified atom stereocenters. The van der Waals surface area contributed by atoms with Gasteiger partial charge in [-0.15, -0.1) is 0 Å². The number of Topliss-reactive ketones (excluding diaryl/α,β-unsaturated/α-hetero) is 2. The van der Waals surface area contributed by atoms with Gasteiger partial charge in [-0.3, -0.25) is 9.59 Å². The average Bonchev–Trinajstić information content (AvgIpc) is 2.60. The minimum absolute atomic E-state index is 0.00268. The maximum atomic E-state index is 13.0. The fourth-order valence-electron chi connectivity index (χ4n) is 4.61. The molecule has 1 aromatic carbocycles. The highest BCUT2D eigenvalue weighted by atomic mass is 16.5. The Bertz CT molecular complexity index is 866. The predicted octanol–water partition coefficient (Wildman–Crippen LogP) is 5.30. The number of carbonyl (C=O) groups excluding carboxylic acids is 2. The zero-order valence-corrected chi connectivity index (χ0v) is 18.4. The van der Waals surface area contributed by atoms with Crippen molar-refractivity contribution in [2.75, 3.05) is 6.61 Å². The second-order valence-electron chi connectivity index (χ2n) is 8.00. The number of aliphatic hydroxyl groups excluding tert-OH is 1. The third kappa shape index (κ3) is 4.67. The van der Waals surface area contributed by atoms with E-state index in [1.165, 1.54) is 0 Å². The van der Waals surface area contributed by atoms with Gasteiger partial charge in [0.25, 0.3) is 0 Å². The first-order valence-electron chi connectivity index (χ1n) is 10.4. The van der Waals surface area contributed by atoms with Crippen LogP contribution in [0.3, 0.4) is 0 Å². The summed E-state index contributed by atoms with van der Waals surface area (Å²) in [6.45, 7) is 11.6. The van der Waals surface area contributed by atoms with Crippen molar-refractivity contribution in [3.8, 4) is 0 Å². The van der Waals surface area contributed by atoms with Crippen LogP contribution in [0.5, 0.6) is 0 Å². The lowest BCUT2D eigenvalue weighted by atomic mass is 9.76. The van der Waals surface area contributed by atoms with E-state index < -0.39 is 6.10 Å². The van der Waals surface area contributed by atoms with Crippen molar-refractivity contribution in [2.45, 2.75) is 79.2 Å². The Labute approximate surface area is 173 Å². The van der Waals surface area contributed by atoms with Crippen LogP contribution in [0.2, 0.25) is 0 Å². The molecule has 0 aromatic heterocycles. The number of aliphatic hydroxyl groups is 1. The van der Waals surface area contributed by atoms with Crippen molar-refractivity contribution in [2.24, 2.45) is 0 Å². The molecule has 2 atom stereocenters. The lowest BCUT2D eigenvalue weighted by Gasteiger charge is -2.30. The first-order chi connectivity index (χ1) is 13.6. The SMILES string of the molecule is CCCC(=O)c1c(C)cc(C)c(C2CC(=O)C(C(OCC)C(C)=N)=C(O)C2)c1C. The predicted molar refractivity (Wildman–Crippen MR) is 115 cm³/mol. The Morgan fingerprint density at radius 1 is 1.24 bits per heavy atom. The van der Waals surface area contributed by atoms with E-state index in [0.717, 1.165) is 34.2 Å². The Morgan fingerprint density at radius 3 is 2.41 bits per heavy atom. The Kier molecular flexibility index (Phi) is 7.53. The molecule has 158 valence electrons. The van der Waals surface area contributed by atoms with Crippen molar-refractivity contribution < 1.29 is 19.4 Å². The number of carbonyl (C=O) groups is 2. The van der Waals surface area contributed by atoms with Crippen molar-refractivity contribution in [3.05, 3.63) is 45.2 Å². The third-order valence-electron chi connectivity index (χ3n) is 5.67. The van der Waals surface area contributed by atoms with Crippen molar-refractivity contribution in [3.63, 3.8) is 0 Å². The molecule has 0 bridgehead atoms. The van der Waals surface area contributed by atoms with Gasteiger partial charge in [-0.2, -0.15) is 0 Å². The molecular formula is C24H33NO4. The summed E-state index contributed by atoms with van der Waals surface area (Å²) in [6, 6.07) is 2.01. The summed E-state index contributed by atoms with van der Waals surface area (Å²) in [4.78, 5) is 25.6. The highest BCUT2D eigenvalue weighted by molar-refractivity contribution is 6.05. The molecule has 0 saturated carbocycles. The first kappa shape index (κ1) is 23.0. The number of hydrogen-bond donors (Lipinski definition) is 2. The van der Waals surface area contributed by atoms with Crippen molar-refractivity contribution in [1.29, 1.82) is 5.41 Å². The van der Waals surface area contributed by atoms with Gasteiger partial charge in [-0.25, -0.2) is 0 Å². The van der Waals surface area contributed by atoms with Gasteiger partial charge in [0.1, 0.15) is 11.9 Å². The number of allylic oxidation sites excluding steroid dienone is 1. The van der Waals surface area contributed by atoms with Crippen LogP contribution in [0.1, 0.15) is 85.0 Å². The quantitative estimate of drug-likeness (QED) is 0.459. The van der Waals surface area contributed by atoms with Crippen molar-refractivity contribution >= 4 is 17.3 Å². The van der Waals surface area contributed by atoms with Crippen LogP contribution in [-0.2, 0) is 9.53 Å². The zero-order valence-electron chi connectivity index (χ0n) is 18.4. The molecule has 1 aliphatic carbocycles. The van der Waals surface area contributed by atoms with Crippen LogP contribution in [-0.4, -0.2) is 35.1 Å². The number of ether oxygens (including phenoxy) is 1. The third-order valence-corrected chi connectivity index (χ3v) is 5.67. The summed E-state index contributed by atoms with van der Waals surface area (Å²) in [5, 5.41) is 18.7. The Balaban J connectivity index is 2.50. The van der Waals surface area contributed by atoms with Crippen molar-refractivity contribution in [1.82, 2.24) is 0 Å². The van der Waals surface area contributed by atoms with Crippen LogP contribution < -0.4 is 0 Å². The van der Waals surface area contributed by atoms with Gasteiger partial charge in [0.2, 0.25) is 0 Å². The van der Waals surface area contributed by atoms with E-state index in [4.69, 9.17) is 10.1 Å². The topological polar surface area (TPSA) is 87.5 Å². The second-order valence-corrected chi connectivity index (χ2v) is 8.00. The molecule has 1 aromatic rings. The van der Waals surface area contributed by atoms with E-state index in [1.54, 1.807) is 13.8 Å². The Morgan fingerprint density at radius 2 is 1.90 bits per heavy atom. The van der Waals surface area contributed by atoms with Crippen LogP contribution in [0.4, 0.5) is 0 Å². The van der Waals surface area contributed by atoms with E-state index in [-0.39, 0.29) is 40.9 Å². The fourth-order valence-corrected chi connectivity index (χ4v) is 4.61. The summed E-state index contributed by atoms with van der Waals surface area (Å²) < 4.78 is 5.56. The molecule has 0 spiro atoms. The van der Waals surface area contributed by atoms with Crippen LogP contribution in [0.25, 0.3) is 0 Å². The van der Waals surface area contributed by atoms with Crippen LogP contribution in [0.15, 0.2) is 17.4 Å². The van der Waals surface area contributed by atoms with Gasteiger partial charge in [0.15, 0.2) is 11.6 Å². The number of rotatable bonds is 8. The number of benzene rings is 1. The second kappa shape index (κ2) is 9.49. The fraction of sp³-hybridized carbons (Fsp3) is 0.542. The smallest absolute Gasteiger partial charge is 0.165 e. The first-order valence-corrected chi connectivity index (χ1v) is 10.4. The van der Waals surface area contributed by atoms with Crippen LogP contribution >= 0.6 is 0 Å². The summed E-state index contributed by atoms with van der Waals surface area (Å²) >= 11 is 0. The molecule has 5 heteroatoms. The molecule has 1 aliphatic rings. The summed E-state index contributed by atoms with van der Waals surface area (Å²) in [5.74, 6) is -0.253. The van der Waals surface area contributed by atoms with E-state index in [9.17, 15) is 14.7 Å². The maximum absolute atomic E-state index is 13.0.